The summed E-state index contributed by atoms with van der Waals surface area (Å²) >= 11 is 1.82. The van der Waals surface area contributed by atoms with E-state index in [0.717, 1.165) is 54.9 Å². The number of carbonyl (C=O) groups is 2. The second-order valence-electron chi connectivity index (χ2n) is 11.8. The lowest BCUT2D eigenvalue weighted by atomic mass is 10.1. The van der Waals surface area contributed by atoms with E-state index in [-0.39, 0.29) is 24.7 Å². The SMILES string of the molecule is CN1/C(=C/c2cc[n+](CCC[N+](C)(C)CCCCCC(O)ON3C(=O)CCC3=O)c3ccccc23)Sc2ccccc21. The molecule has 8 nitrogen and oxygen atoms in total. The number of unbranched alkanes of at least 4 members (excludes halogenated alkanes) is 2. The van der Waals surface area contributed by atoms with Gasteiger partial charge in [-0.15, -0.1) is 0 Å². The van der Waals surface area contributed by atoms with Crippen molar-refractivity contribution in [2.75, 3.05) is 39.1 Å². The zero-order valence-electron chi connectivity index (χ0n) is 24.9. The Labute approximate surface area is 252 Å². The van der Waals surface area contributed by atoms with Crippen LogP contribution in [0.15, 0.2) is 70.7 Å². The fraction of sp³-hybridized carbons (Fsp3) is 0.424. The number of aliphatic hydroxyl groups excluding tert-OH is 1. The molecule has 42 heavy (non-hydrogen) atoms. The topological polar surface area (TPSA) is 74.0 Å². The number of benzene rings is 2. The van der Waals surface area contributed by atoms with Gasteiger partial charge in [0.15, 0.2) is 19.0 Å². The number of amides is 2. The largest absolute Gasteiger partial charge is 0.366 e. The van der Waals surface area contributed by atoms with Crippen molar-refractivity contribution in [3.63, 3.8) is 0 Å². The van der Waals surface area contributed by atoms with Crippen LogP contribution >= 0.6 is 11.8 Å². The van der Waals surface area contributed by atoms with Gasteiger partial charge in [-0.05, 0) is 49.1 Å². The van der Waals surface area contributed by atoms with Gasteiger partial charge in [0.05, 0.1) is 49.7 Å². The average molecular weight is 591 g/mol. The lowest BCUT2D eigenvalue weighted by Crippen LogP contribution is -2.44. The molecule has 1 N–H and O–H groups in total. The number of nitrogens with zero attached hydrogens (tertiary/aromatic N) is 4. The summed E-state index contributed by atoms with van der Waals surface area (Å²) in [4.78, 5) is 32.0. The van der Waals surface area contributed by atoms with E-state index in [9.17, 15) is 14.7 Å². The fourth-order valence-electron chi connectivity index (χ4n) is 5.67. The van der Waals surface area contributed by atoms with Crippen molar-refractivity contribution >= 4 is 46.2 Å². The Balaban J connectivity index is 1.10. The minimum atomic E-state index is -1.12. The number of aromatic nitrogens is 1. The monoisotopic (exact) mass is 590 g/mol. The summed E-state index contributed by atoms with van der Waals surface area (Å²) in [6.07, 6.45) is 7.96. The molecule has 3 heterocycles. The van der Waals surface area contributed by atoms with E-state index in [4.69, 9.17) is 4.84 Å². The summed E-state index contributed by atoms with van der Waals surface area (Å²) in [5, 5.41) is 13.3. The highest BCUT2D eigenvalue weighted by Crippen LogP contribution is 2.45. The normalized spacial score (nSPS) is 17.1. The van der Waals surface area contributed by atoms with Gasteiger partial charge < -0.3 is 14.5 Å². The van der Waals surface area contributed by atoms with Crippen LogP contribution in [0, 0.1) is 0 Å². The molecule has 0 bridgehead atoms. The van der Waals surface area contributed by atoms with Gasteiger partial charge in [-0.1, -0.05) is 36.0 Å². The molecular formula is C33H42N4O4S+2. The molecule has 0 spiro atoms. The first-order valence-electron chi connectivity index (χ1n) is 14.9. The second-order valence-corrected chi connectivity index (χ2v) is 12.9. The molecule has 222 valence electrons. The first-order valence-corrected chi connectivity index (χ1v) is 15.7. The molecule has 1 saturated heterocycles. The molecule has 0 saturated carbocycles. The van der Waals surface area contributed by atoms with Crippen molar-refractivity contribution < 1.29 is 28.6 Å². The third-order valence-electron chi connectivity index (χ3n) is 8.12. The minimum absolute atomic E-state index is 0.156. The van der Waals surface area contributed by atoms with Gasteiger partial charge >= 0.3 is 0 Å². The Bertz CT molecular complexity index is 1460. The molecule has 1 atom stereocenters. The maximum absolute atomic E-state index is 11.6. The van der Waals surface area contributed by atoms with Crippen LogP contribution < -0.4 is 9.47 Å². The molecule has 1 fully saturated rings. The average Bonchev–Trinajstić information content (AvgIpc) is 3.46. The summed E-state index contributed by atoms with van der Waals surface area (Å²) < 4.78 is 3.30. The van der Waals surface area contributed by atoms with Crippen LogP contribution in [0.4, 0.5) is 5.69 Å². The first kappa shape index (κ1) is 30.2. The quantitative estimate of drug-likeness (QED) is 0.0983. The molecule has 9 heteroatoms. The van der Waals surface area contributed by atoms with Crippen LogP contribution in [-0.2, 0) is 21.0 Å². The Morgan fingerprint density at radius 1 is 0.976 bits per heavy atom. The third kappa shape index (κ3) is 7.21. The summed E-state index contributed by atoms with van der Waals surface area (Å²) in [5.41, 5.74) is 3.73. The molecule has 0 radical (unpaired) electrons. The van der Waals surface area contributed by atoms with Crippen molar-refractivity contribution in [2.24, 2.45) is 0 Å². The summed E-state index contributed by atoms with van der Waals surface area (Å²) in [6.45, 7) is 3.07. The number of hydrogen-bond acceptors (Lipinski definition) is 6. The third-order valence-corrected chi connectivity index (χ3v) is 9.29. The molecule has 2 aliphatic heterocycles. The summed E-state index contributed by atoms with van der Waals surface area (Å²) in [6, 6.07) is 19.4. The predicted molar refractivity (Wildman–Crippen MR) is 166 cm³/mol. The molecule has 2 amide bonds. The number of aliphatic hydroxyl groups is 1. The second kappa shape index (κ2) is 13.4. The van der Waals surface area contributed by atoms with Gasteiger partial charge in [0, 0.05) is 43.3 Å². The highest BCUT2D eigenvalue weighted by Gasteiger charge is 2.32. The number of fused-ring (bicyclic) bond motifs is 2. The predicted octanol–water partition coefficient (Wildman–Crippen LogP) is 5.09. The Hall–Kier alpha value is -3.24. The number of pyridine rings is 1. The van der Waals surface area contributed by atoms with E-state index in [1.165, 1.54) is 32.1 Å². The molecule has 0 aliphatic carbocycles. The van der Waals surface area contributed by atoms with Gasteiger partial charge in [-0.25, -0.2) is 4.84 Å². The van der Waals surface area contributed by atoms with Crippen molar-refractivity contribution in [3.05, 3.63) is 71.4 Å². The van der Waals surface area contributed by atoms with Gasteiger partial charge in [-0.2, -0.15) is 9.63 Å². The summed E-state index contributed by atoms with van der Waals surface area (Å²) in [7, 11) is 6.68. The van der Waals surface area contributed by atoms with Crippen molar-refractivity contribution in [3.8, 4) is 0 Å². The van der Waals surface area contributed by atoms with Crippen LogP contribution in [0.1, 0.15) is 50.5 Å². The van der Waals surface area contributed by atoms with Crippen LogP contribution in [-0.4, -0.2) is 67.0 Å². The number of hydroxylamine groups is 2. The lowest BCUT2D eigenvalue weighted by molar-refractivity contribution is -0.892. The number of quaternary nitrogens is 1. The molecule has 1 aromatic heterocycles. The number of aryl methyl sites for hydroxylation is 1. The van der Waals surface area contributed by atoms with Gasteiger partial charge in [0.2, 0.25) is 5.52 Å². The molecule has 2 aliphatic rings. The van der Waals surface area contributed by atoms with Gasteiger partial charge in [0.1, 0.15) is 0 Å². The standard InChI is InChI=1S/C33H42N4O4S/c1-34-28-14-8-9-15-29(28)42-32(34)24-25-19-21-35(27-13-7-6-12-26(25)27)20-11-23-37(2,3)22-10-4-5-16-33(40)41-36-30(38)17-18-31(36)39/h6-9,12-15,19,21,24,33,40H,4-5,10-11,16-18,20,22-23H2,1-3H3/q+2. The van der Waals surface area contributed by atoms with E-state index in [1.54, 1.807) is 0 Å². The molecule has 1 unspecified atom stereocenters. The maximum atomic E-state index is 11.6. The molecule has 3 aromatic rings. The van der Waals surface area contributed by atoms with Crippen LogP contribution in [0.5, 0.6) is 0 Å². The minimum Gasteiger partial charge on any atom is -0.366 e. The molecule has 2 aromatic carbocycles. The fourth-order valence-corrected chi connectivity index (χ4v) is 6.78. The van der Waals surface area contributed by atoms with Crippen LogP contribution in [0.2, 0.25) is 0 Å². The van der Waals surface area contributed by atoms with E-state index in [1.807, 2.05) is 11.8 Å². The number of rotatable bonds is 13. The Morgan fingerprint density at radius 3 is 2.48 bits per heavy atom. The number of hydrogen-bond donors (Lipinski definition) is 1. The number of anilines is 1. The highest BCUT2D eigenvalue weighted by molar-refractivity contribution is 8.03. The maximum Gasteiger partial charge on any atom is 0.254 e. The van der Waals surface area contributed by atoms with E-state index in [0.29, 0.717) is 6.42 Å². The van der Waals surface area contributed by atoms with Crippen LogP contribution in [0.25, 0.3) is 17.0 Å². The number of carbonyl (C=O) groups excluding carboxylic acids is 2. The van der Waals surface area contributed by atoms with Crippen molar-refractivity contribution in [1.82, 2.24) is 5.06 Å². The van der Waals surface area contributed by atoms with Crippen molar-refractivity contribution in [1.29, 1.82) is 0 Å². The van der Waals surface area contributed by atoms with E-state index in [2.05, 4.69) is 97.5 Å². The number of imide groups is 1. The zero-order chi connectivity index (χ0) is 29.7. The van der Waals surface area contributed by atoms with Crippen LogP contribution in [0.3, 0.4) is 0 Å². The van der Waals surface area contributed by atoms with Gasteiger partial charge in [0.25, 0.3) is 11.8 Å². The molecule has 5 rings (SSSR count). The molecular weight excluding hydrogens is 548 g/mol. The van der Waals surface area contributed by atoms with Gasteiger partial charge in [-0.3, -0.25) is 9.59 Å². The zero-order valence-corrected chi connectivity index (χ0v) is 25.7. The smallest absolute Gasteiger partial charge is 0.254 e. The Morgan fingerprint density at radius 2 is 1.69 bits per heavy atom. The lowest BCUT2D eigenvalue weighted by Gasteiger charge is -2.29. The van der Waals surface area contributed by atoms with E-state index >= 15 is 0 Å². The van der Waals surface area contributed by atoms with Crippen molar-refractivity contribution in [2.45, 2.75) is 62.7 Å². The number of thioether (sulfide) groups is 1. The number of para-hydroxylation sites is 2. The highest BCUT2D eigenvalue weighted by atomic mass is 32.2. The first-order chi connectivity index (χ1) is 20.2. The van der Waals surface area contributed by atoms with E-state index < -0.39 is 6.29 Å². The Kier molecular flexibility index (Phi) is 9.63. The summed E-state index contributed by atoms with van der Waals surface area (Å²) in [5.74, 6) is -0.750.